The molecule has 10 heteroatoms. The number of fused-ring (bicyclic) bond motifs is 1. The van der Waals surface area contributed by atoms with Gasteiger partial charge in [-0.1, -0.05) is 13.3 Å². The molecule has 3 heterocycles. The van der Waals surface area contributed by atoms with Gasteiger partial charge in [-0.15, -0.1) is 5.10 Å². The van der Waals surface area contributed by atoms with Gasteiger partial charge in [0.2, 0.25) is 0 Å². The number of nitrogens with zero attached hydrogens (tertiary/aromatic N) is 5. The summed E-state index contributed by atoms with van der Waals surface area (Å²) >= 11 is 0. The molecule has 0 saturated carbocycles. The Kier molecular flexibility index (Phi) is 7.94. The zero-order valence-corrected chi connectivity index (χ0v) is 21.2. The first-order chi connectivity index (χ1) is 17.4. The van der Waals surface area contributed by atoms with Gasteiger partial charge in [0.05, 0.1) is 25.5 Å². The summed E-state index contributed by atoms with van der Waals surface area (Å²) in [5, 5.41) is 13.1. The maximum Gasteiger partial charge on any atom is 0.327 e. The fourth-order valence-electron chi connectivity index (χ4n) is 4.38. The molecule has 0 unspecified atom stereocenters. The van der Waals surface area contributed by atoms with Crippen molar-refractivity contribution in [1.82, 2.24) is 30.1 Å². The van der Waals surface area contributed by atoms with Crippen LogP contribution in [0.2, 0.25) is 0 Å². The SMILES string of the molecule is CCC[C@@H](c1nnnn1CC(=O)OCC)N(Cc1ccco1)Cc1cc2cc(C)c(C)cc2[nH]c1=O. The maximum atomic E-state index is 13.1. The van der Waals surface area contributed by atoms with E-state index in [9.17, 15) is 9.59 Å². The van der Waals surface area contributed by atoms with E-state index in [-0.39, 0.29) is 24.8 Å². The Morgan fingerprint density at radius 3 is 2.72 bits per heavy atom. The Labute approximate surface area is 209 Å². The largest absolute Gasteiger partial charge is 0.468 e. The van der Waals surface area contributed by atoms with Crippen LogP contribution in [0.3, 0.4) is 0 Å². The van der Waals surface area contributed by atoms with E-state index >= 15 is 0 Å². The highest BCUT2D eigenvalue weighted by Crippen LogP contribution is 2.28. The van der Waals surface area contributed by atoms with Crippen LogP contribution in [0.5, 0.6) is 0 Å². The second-order valence-corrected chi connectivity index (χ2v) is 8.94. The van der Waals surface area contributed by atoms with Crippen molar-refractivity contribution in [3.63, 3.8) is 0 Å². The number of aryl methyl sites for hydroxylation is 2. The Hall–Kier alpha value is -3.79. The predicted octanol–water partition coefficient (Wildman–Crippen LogP) is 3.83. The third-order valence-electron chi connectivity index (χ3n) is 6.29. The number of carbonyl (C=O) groups excluding carboxylic acids is 1. The molecule has 1 atom stereocenters. The first kappa shape index (κ1) is 25.3. The molecule has 0 amide bonds. The van der Waals surface area contributed by atoms with E-state index in [0.29, 0.717) is 30.9 Å². The summed E-state index contributed by atoms with van der Waals surface area (Å²) in [5.41, 5.74) is 3.59. The monoisotopic (exact) mass is 492 g/mol. The zero-order chi connectivity index (χ0) is 25.7. The number of furan rings is 1. The number of hydrogen-bond acceptors (Lipinski definition) is 8. The van der Waals surface area contributed by atoms with Crippen LogP contribution < -0.4 is 5.56 Å². The van der Waals surface area contributed by atoms with Crippen molar-refractivity contribution < 1.29 is 13.9 Å². The number of nitrogens with one attached hydrogen (secondary N) is 1. The molecule has 4 rings (SSSR count). The third kappa shape index (κ3) is 5.71. The quantitative estimate of drug-likeness (QED) is 0.314. The number of tetrazole rings is 1. The summed E-state index contributed by atoms with van der Waals surface area (Å²) in [7, 11) is 0. The van der Waals surface area contributed by atoms with E-state index in [0.717, 1.165) is 34.2 Å². The molecule has 0 spiro atoms. The standard InChI is InChI=1S/C26H32N6O4/c1-5-8-23(25-28-29-30-32(25)16-24(33)35-6-2)31(15-21-9-7-10-36-21)14-20-13-19-11-17(3)18(4)12-22(19)27-26(20)34/h7,9-13,23H,5-6,8,14-16H2,1-4H3,(H,27,34)/t23-/m0/s1. The van der Waals surface area contributed by atoms with Gasteiger partial charge in [-0.3, -0.25) is 14.5 Å². The second kappa shape index (κ2) is 11.3. The molecule has 0 aliphatic heterocycles. The molecule has 10 nitrogen and oxygen atoms in total. The summed E-state index contributed by atoms with van der Waals surface area (Å²) in [6, 6.07) is 9.50. The minimum atomic E-state index is -0.407. The van der Waals surface area contributed by atoms with Crippen LogP contribution >= 0.6 is 0 Å². The van der Waals surface area contributed by atoms with Gasteiger partial charge in [0.25, 0.3) is 5.56 Å². The van der Waals surface area contributed by atoms with Crippen molar-refractivity contribution in [2.24, 2.45) is 0 Å². The minimum Gasteiger partial charge on any atom is -0.468 e. The van der Waals surface area contributed by atoms with E-state index in [1.54, 1.807) is 13.2 Å². The van der Waals surface area contributed by atoms with Gasteiger partial charge in [0, 0.05) is 17.6 Å². The molecule has 4 aromatic rings. The maximum absolute atomic E-state index is 13.1. The van der Waals surface area contributed by atoms with Crippen LogP contribution in [0, 0.1) is 13.8 Å². The lowest BCUT2D eigenvalue weighted by atomic mass is 10.0. The first-order valence-corrected chi connectivity index (χ1v) is 12.2. The molecule has 0 aliphatic carbocycles. The number of aromatic amines is 1. The summed E-state index contributed by atoms with van der Waals surface area (Å²) in [5.74, 6) is 0.889. The number of ether oxygens (including phenoxy) is 1. The molecule has 0 bridgehead atoms. The Morgan fingerprint density at radius 1 is 1.19 bits per heavy atom. The summed E-state index contributed by atoms with van der Waals surface area (Å²) < 4.78 is 12.2. The van der Waals surface area contributed by atoms with E-state index in [1.165, 1.54) is 4.68 Å². The Morgan fingerprint density at radius 2 is 2.00 bits per heavy atom. The highest BCUT2D eigenvalue weighted by Gasteiger charge is 2.28. The number of carbonyl (C=O) groups is 1. The van der Waals surface area contributed by atoms with Crippen molar-refractivity contribution in [2.45, 2.75) is 66.2 Å². The van der Waals surface area contributed by atoms with E-state index in [4.69, 9.17) is 9.15 Å². The molecule has 0 radical (unpaired) electrons. The van der Waals surface area contributed by atoms with E-state index < -0.39 is 5.97 Å². The number of rotatable bonds is 11. The molecule has 36 heavy (non-hydrogen) atoms. The molecule has 3 aromatic heterocycles. The molecular weight excluding hydrogens is 460 g/mol. The van der Waals surface area contributed by atoms with Gasteiger partial charge in [-0.05, 0) is 84.5 Å². The van der Waals surface area contributed by atoms with Crippen molar-refractivity contribution in [2.75, 3.05) is 6.61 Å². The molecule has 1 aromatic carbocycles. The van der Waals surface area contributed by atoms with Crippen LogP contribution in [0.1, 0.15) is 61.0 Å². The van der Waals surface area contributed by atoms with Crippen LogP contribution in [0.15, 0.2) is 45.8 Å². The van der Waals surface area contributed by atoms with Crippen molar-refractivity contribution in [1.29, 1.82) is 0 Å². The predicted molar refractivity (Wildman–Crippen MR) is 134 cm³/mol. The normalized spacial score (nSPS) is 12.4. The van der Waals surface area contributed by atoms with Gasteiger partial charge < -0.3 is 14.1 Å². The van der Waals surface area contributed by atoms with Crippen LogP contribution in [0.4, 0.5) is 0 Å². The molecule has 0 saturated heterocycles. The number of H-pyrrole nitrogens is 1. The zero-order valence-electron chi connectivity index (χ0n) is 21.2. The number of aromatic nitrogens is 5. The van der Waals surface area contributed by atoms with Gasteiger partial charge in [-0.2, -0.15) is 0 Å². The number of benzene rings is 1. The fourth-order valence-corrected chi connectivity index (χ4v) is 4.38. The van der Waals surface area contributed by atoms with Crippen LogP contribution in [-0.2, 0) is 29.2 Å². The van der Waals surface area contributed by atoms with E-state index in [2.05, 4.69) is 45.3 Å². The van der Waals surface area contributed by atoms with Gasteiger partial charge in [0.15, 0.2) is 5.82 Å². The first-order valence-electron chi connectivity index (χ1n) is 12.2. The average Bonchev–Trinajstić information content (AvgIpc) is 3.51. The molecule has 190 valence electrons. The smallest absolute Gasteiger partial charge is 0.327 e. The molecular formula is C26H32N6O4. The van der Waals surface area contributed by atoms with E-state index in [1.807, 2.05) is 31.2 Å². The fraction of sp³-hybridized carbons (Fsp3) is 0.423. The van der Waals surface area contributed by atoms with Gasteiger partial charge in [-0.25, -0.2) is 4.68 Å². The number of pyridine rings is 1. The minimum absolute atomic E-state index is 0.0832. The second-order valence-electron chi connectivity index (χ2n) is 8.94. The van der Waals surface area contributed by atoms with Crippen LogP contribution in [0.25, 0.3) is 10.9 Å². The van der Waals surface area contributed by atoms with Gasteiger partial charge >= 0.3 is 5.97 Å². The lowest BCUT2D eigenvalue weighted by Gasteiger charge is -2.30. The van der Waals surface area contributed by atoms with Crippen molar-refractivity contribution in [3.05, 3.63) is 75.2 Å². The Bertz CT molecular complexity index is 1380. The van der Waals surface area contributed by atoms with Crippen molar-refractivity contribution in [3.8, 4) is 0 Å². The Balaban J connectivity index is 1.73. The van der Waals surface area contributed by atoms with Crippen molar-refractivity contribution >= 4 is 16.9 Å². The summed E-state index contributed by atoms with van der Waals surface area (Å²) in [6.07, 6.45) is 3.19. The molecule has 0 aliphatic rings. The summed E-state index contributed by atoms with van der Waals surface area (Å²) in [4.78, 5) is 30.4. The number of esters is 1. The highest BCUT2D eigenvalue weighted by atomic mass is 16.5. The highest BCUT2D eigenvalue weighted by molar-refractivity contribution is 5.80. The molecule has 1 N–H and O–H groups in total. The lowest BCUT2D eigenvalue weighted by molar-refractivity contribution is -0.144. The van der Waals surface area contributed by atoms with Gasteiger partial charge in [0.1, 0.15) is 12.3 Å². The molecule has 0 fully saturated rings. The third-order valence-corrected chi connectivity index (χ3v) is 6.29. The van der Waals surface area contributed by atoms with Crippen LogP contribution in [-0.4, -0.2) is 42.7 Å². The number of hydrogen-bond donors (Lipinski definition) is 1. The lowest BCUT2D eigenvalue weighted by Crippen LogP contribution is -2.33. The average molecular weight is 493 g/mol. The summed E-state index contributed by atoms with van der Waals surface area (Å²) in [6.45, 7) is 8.90. The topological polar surface area (TPSA) is 119 Å².